The Morgan fingerprint density at radius 1 is 0.939 bits per heavy atom. The molecule has 7 nitrogen and oxygen atoms in total. The minimum atomic E-state index is 0.00135. The summed E-state index contributed by atoms with van der Waals surface area (Å²) in [6, 6.07) is 22.2. The highest BCUT2D eigenvalue weighted by Crippen LogP contribution is 2.26. The zero-order chi connectivity index (χ0) is 22.4. The Kier molecular flexibility index (Phi) is 4.48. The number of aryl methyl sites for hydroxylation is 1. The lowest BCUT2D eigenvalue weighted by Gasteiger charge is -2.04. The molecule has 0 atom stereocenters. The molecule has 0 unspecified atom stereocenters. The van der Waals surface area contributed by atoms with Crippen LogP contribution in [0.4, 0.5) is 0 Å². The smallest absolute Gasteiger partial charge is 0.334 e. The SMILES string of the molecule is Cn1cnc(-c2nn(-c3ccc(CO)cc3)c3c4cc(-c5ccccc5)cnc4cc[n+]23)c1. The lowest BCUT2D eigenvalue weighted by atomic mass is 10.1. The van der Waals surface area contributed by atoms with E-state index in [1.165, 1.54) is 0 Å². The van der Waals surface area contributed by atoms with Crippen LogP contribution in [-0.2, 0) is 13.7 Å². The maximum atomic E-state index is 9.46. The van der Waals surface area contributed by atoms with E-state index in [-0.39, 0.29) is 6.61 Å². The van der Waals surface area contributed by atoms with Gasteiger partial charge in [-0.2, -0.15) is 4.40 Å². The van der Waals surface area contributed by atoms with Crippen molar-refractivity contribution in [2.45, 2.75) is 6.61 Å². The van der Waals surface area contributed by atoms with Crippen molar-refractivity contribution >= 4 is 16.6 Å². The number of hydrogen-bond acceptors (Lipinski definition) is 4. The summed E-state index contributed by atoms with van der Waals surface area (Å²) < 4.78 is 5.89. The van der Waals surface area contributed by atoms with Crippen molar-refractivity contribution in [1.82, 2.24) is 24.3 Å². The summed E-state index contributed by atoms with van der Waals surface area (Å²) in [7, 11) is 1.94. The summed E-state index contributed by atoms with van der Waals surface area (Å²) >= 11 is 0. The predicted molar refractivity (Wildman–Crippen MR) is 126 cm³/mol. The number of nitrogens with zero attached hydrogens (tertiary/aromatic N) is 6. The summed E-state index contributed by atoms with van der Waals surface area (Å²) in [5.41, 5.74) is 6.46. The van der Waals surface area contributed by atoms with Crippen molar-refractivity contribution < 1.29 is 9.51 Å². The van der Waals surface area contributed by atoms with Crippen LogP contribution in [0.5, 0.6) is 0 Å². The van der Waals surface area contributed by atoms with E-state index in [9.17, 15) is 5.11 Å². The Bertz CT molecular complexity index is 1600. The van der Waals surface area contributed by atoms with Crippen LogP contribution < -0.4 is 4.40 Å². The van der Waals surface area contributed by atoms with Crippen LogP contribution in [0.2, 0.25) is 0 Å². The van der Waals surface area contributed by atoms with Crippen molar-refractivity contribution in [2.24, 2.45) is 7.05 Å². The number of rotatable bonds is 4. The molecule has 0 bridgehead atoms. The Morgan fingerprint density at radius 3 is 2.48 bits per heavy atom. The van der Waals surface area contributed by atoms with E-state index < -0.39 is 0 Å². The van der Waals surface area contributed by atoms with Crippen LogP contribution in [0.25, 0.3) is 44.9 Å². The molecule has 6 aromatic rings. The monoisotopic (exact) mass is 433 g/mol. The molecule has 0 aliphatic heterocycles. The highest BCUT2D eigenvalue weighted by Gasteiger charge is 2.26. The van der Waals surface area contributed by atoms with Crippen molar-refractivity contribution in [2.75, 3.05) is 0 Å². The van der Waals surface area contributed by atoms with Crippen molar-refractivity contribution in [3.63, 3.8) is 0 Å². The van der Waals surface area contributed by atoms with Gasteiger partial charge in [0.05, 0.1) is 35.1 Å². The maximum absolute atomic E-state index is 9.46. The molecular weight excluding hydrogens is 412 g/mol. The largest absolute Gasteiger partial charge is 0.392 e. The summed E-state index contributed by atoms with van der Waals surface area (Å²) in [4.78, 5) is 9.28. The van der Waals surface area contributed by atoms with Gasteiger partial charge >= 0.3 is 5.82 Å². The van der Waals surface area contributed by atoms with E-state index in [4.69, 9.17) is 10.1 Å². The minimum Gasteiger partial charge on any atom is -0.392 e. The highest BCUT2D eigenvalue weighted by molar-refractivity contribution is 5.93. The molecule has 4 aromatic heterocycles. The van der Waals surface area contributed by atoms with Crippen LogP contribution >= 0.6 is 0 Å². The Morgan fingerprint density at radius 2 is 1.76 bits per heavy atom. The van der Waals surface area contributed by atoms with Gasteiger partial charge < -0.3 is 9.67 Å². The summed E-state index contributed by atoms with van der Waals surface area (Å²) in [5, 5.41) is 15.4. The summed E-state index contributed by atoms with van der Waals surface area (Å²) in [6.45, 7) is 0.00135. The molecule has 0 fully saturated rings. The zero-order valence-electron chi connectivity index (χ0n) is 18.0. The Hall–Kier alpha value is -4.36. The molecule has 33 heavy (non-hydrogen) atoms. The van der Waals surface area contributed by atoms with Gasteiger partial charge in [-0.15, -0.1) is 0 Å². The lowest BCUT2D eigenvalue weighted by molar-refractivity contribution is -0.498. The van der Waals surface area contributed by atoms with E-state index in [2.05, 4.69) is 27.6 Å². The summed E-state index contributed by atoms with van der Waals surface area (Å²) in [5.74, 6) is 0.740. The average molecular weight is 433 g/mol. The lowest BCUT2D eigenvalue weighted by Crippen LogP contribution is -2.22. The fourth-order valence-corrected chi connectivity index (χ4v) is 4.12. The fourth-order valence-electron chi connectivity index (χ4n) is 4.12. The second-order valence-electron chi connectivity index (χ2n) is 8.02. The van der Waals surface area contributed by atoms with Gasteiger partial charge in [-0.1, -0.05) is 47.1 Å². The van der Waals surface area contributed by atoms with E-state index in [0.717, 1.165) is 50.4 Å². The molecular formula is C26H21N6O+. The predicted octanol–water partition coefficient (Wildman–Crippen LogP) is 3.72. The third kappa shape index (κ3) is 3.26. The highest BCUT2D eigenvalue weighted by atomic mass is 16.3. The molecule has 0 saturated heterocycles. The fraction of sp³-hybridized carbons (Fsp3) is 0.0769. The number of imidazole rings is 1. The third-order valence-electron chi connectivity index (χ3n) is 5.80. The molecule has 0 aliphatic carbocycles. The first-order valence-electron chi connectivity index (χ1n) is 10.7. The molecule has 1 N–H and O–H groups in total. The molecule has 7 heteroatoms. The number of fused-ring (bicyclic) bond motifs is 3. The molecule has 160 valence electrons. The number of aliphatic hydroxyl groups is 1. The molecule has 4 heterocycles. The number of aliphatic hydroxyl groups excluding tert-OH is 1. The second kappa shape index (κ2) is 7.65. The van der Waals surface area contributed by atoms with Gasteiger partial charge in [0.15, 0.2) is 5.69 Å². The van der Waals surface area contributed by atoms with Gasteiger partial charge in [-0.3, -0.25) is 4.98 Å². The standard InChI is InChI=1S/C26H21N6O/c1-30-15-24(28-17-30)25-29-32(21-9-7-18(16-33)8-10-21)26-22-13-20(19-5-3-2-4-6-19)14-27-23(22)11-12-31(25)26/h2-15,17,33H,16H2,1H3/q+1. The van der Waals surface area contributed by atoms with E-state index in [1.54, 1.807) is 6.33 Å². The number of pyridine rings is 2. The van der Waals surface area contributed by atoms with Crippen molar-refractivity contribution in [3.05, 3.63) is 97.2 Å². The Labute approximate surface area is 189 Å². The van der Waals surface area contributed by atoms with E-state index in [0.29, 0.717) is 0 Å². The number of aromatic nitrogens is 6. The van der Waals surface area contributed by atoms with Crippen molar-refractivity contribution in [3.8, 4) is 28.3 Å². The maximum Gasteiger partial charge on any atom is 0.334 e. The molecule has 0 saturated carbocycles. The van der Waals surface area contributed by atoms with Gasteiger partial charge in [-0.25, -0.2) is 4.98 Å². The molecule has 0 amide bonds. The first-order valence-corrected chi connectivity index (χ1v) is 10.7. The average Bonchev–Trinajstić information content (AvgIpc) is 3.48. The van der Waals surface area contributed by atoms with Gasteiger partial charge in [-0.05, 0) is 35.4 Å². The van der Waals surface area contributed by atoms with Crippen molar-refractivity contribution in [1.29, 1.82) is 0 Å². The quantitative estimate of drug-likeness (QED) is 0.430. The van der Waals surface area contributed by atoms with Crippen LogP contribution in [0, 0.1) is 0 Å². The molecule has 6 rings (SSSR count). The number of benzene rings is 2. The van der Waals surface area contributed by atoms with Gasteiger partial charge in [0.1, 0.15) is 5.69 Å². The summed E-state index contributed by atoms with van der Waals surface area (Å²) in [6.07, 6.45) is 7.62. The van der Waals surface area contributed by atoms with Crippen LogP contribution in [0.3, 0.4) is 0 Å². The molecule has 2 aromatic carbocycles. The van der Waals surface area contributed by atoms with E-state index >= 15 is 0 Å². The van der Waals surface area contributed by atoms with Gasteiger partial charge in [0.25, 0.3) is 5.65 Å². The zero-order valence-corrected chi connectivity index (χ0v) is 18.0. The van der Waals surface area contributed by atoms with Crippen LogP contribution in [-0.4, -0.2) is 29.4 Å². The minimum absolute atomic E-state index is 0.00135. The first kappa shape index (κ1) is 19.3. The van der Waals surface area contributed by atoms with Crippen LogP contribution in [0.15, 0.2) is 91.6 Å². The van der Waals surface area contributed by atoms with Gasteiger partial charge in [0, 0.05) is 25.0 Å². The third-order valence-corrected chi connectivity index (χ3v) is 5.80. The van der Waals surface area contributed by atoms with Gasteiger partial charge in [0.2, 0.25) is 0 Å². The topological polar surface area (TPSA) is 72.9 Å². The molecule has 0 spiro atoms. The molecule has 0 radical (unpaired) electrons. The Balaban J connectivity index is 1.67. The molecule has 0 aliphatic rings. The normalized spacial score (nSPS) is 11.5. The second-order valence-corrected chi connectivity index (χ2v) is 8.02. The first-order chi connectivity index (χ1) is 16.2. The van der Waals surface area contributed by atoms with E-state index in [1.807, 2.05) is 83.4 Å². The number of hydrogen-bond donors (Lipinski definition) is 1. The van der Waals surface area contributed by atoms with Crippen LogP contribution in [0.1, 0.15) is 5.56 Å².